The molecule has 0 spiro atoms. The third kappa shape index (κ3) is 2.57. The van der Waals surface area contributed by atoms with Gasteiger partial charge in [-0.05, 0) is 37.1 Å². The van der Waals surface area contributed by atoms with Crippen LogP contribution in [0, 0.1) is 0 Å². The summed E-state index contributed by atoms with van der Waals surface area (Å²) in [7, 11) is 0. The molecule has 2 N–H and O–H groups in total. The Kier molecular flexibility index (Phi) is 2.91. The normalized spacial score (nSPS) is 14.1. The van der Waals surface area contributed by atoms with Crippen LogP contribution in [0.3, 0.4) is 0 Å². The molecule has 2 aromatic rings. The Hall–Kier alpha value is -2.36. The zero-order chi connectivity index (χ0) is 13.2. The van der Waals surface area contributed by atoms with Crippen molar-refractivity contribution in [2.75, 3.05) is 0 Å². The minimum Gasteiger partial charge on any atom is -0.506 e. The van der Waals surface area contributed by atoms with E-state index in [0.29, 0.717) is 17.3 Å². The molecule has 1 heterocycles. The molecular weight excluding hydrogens is 240 g/mol. The van der Waals surface area contributed by atoms with Crippen LogP contribution in [0.4, 0.5) is 0 Å². The molecule has 1 amide bonds. The molecule has 0 saturated heterocycles. The van der Waals surface area contributed by atoms with E-state index >= 15 is 0 Å². The Labute approximate surface area is 111 Å². The largest absolute Gasteiger partial charge is 0.506 e. The fourth-order valence-electron chi connectivity index (χ4n) is 1.92. The lowest BCUT2D eigenvalue weighted by atomic mass is 10.1. The van der Waals surface area contributed by atoms with E-state index in [1.165, 1.54) is 0 Å². The maximum absolute atomic E-state index is 12.0. The standard InChI is InChI=1S/C15H14N2O2/c18-13-5-2-8-16-14(13)10-3-1-4-11(9-10)15(19)17-12-6-7-12/h1-5,8-9,12,18H,6-7H2,(H,17,19). The van der Waals surface area contributed by atoms with Gasteiger partial charge in [0.1, 0.15) is 11.4 Å². The monoisotopic (exact) mass is 254 g/mol. The van der Waals surface area contributed by atoms with Crippen LogP contribution in [0.1, 0.15) is 23.2 Å². The molecule has 1 saturated carbocycles. The molecule has 0 aliphatic heterocycles. The minimum atomic E-state index is -0.0697. The van der Waals surface area contributed by atoms with Crippen LogP contribution in [-0.4, -0.2) is 22.0 Å². The smallest absolute Gasteiger partial charge is 0.251 e. The third-order valence-corrected chi connectivity index (χ3v) is 3.10. The molecule has 1 aliphatic rings. The number of amides is 1. The highest BCUT2D eigenvalue weighted by molar-refractivity contribution is 5.95. The first-order chi connectivity index (χ1) is 9.24. The predicted octanol–water partition coefficient (Wildman–Crippen LogP) is 2.35. The minimum absolute atomic E-state index is 0.0697. The molecule has 1 fully saturated rings. The van der Waals surface area contributed by atoms with Gasteiger partial charge >= 0.3 is 0 Å². The number of rotatable bonds is 3. The quantitative estimate of drug-likeness (QED) is 0.883. The van der Waals surface area contributed by atoms with Gasteiger partial charge in [-0.2, -0.15) is 0 Å². The number of hydrogen-bond acceptors (Lipinski definition) is 3. The van der Waals surface area contributed by atoms with E-state index in [9.17, 15) is 9.90 Å². The maximum atomic E-state index is 12.0. The molecule has 3 rings (SSSR count). The summed E-state index contributed by atoms with van der Waals surface area (Å²) in [6.45, 7) is 0. The van der Waals surface area contributed by atoms with Gasteiger partial charge in [0.25, 0.3) is 5.91 Å². The summed E-state index contributed by atoms with van der Waals surface area (Å²) in [5, 5.41) is 12.7. The molecule has 0 bridgehead atoms. The molecule has 96 valence electrons. The Morgan fingerprint density at radius 1 is 1.26 bits per heavy atom. The van der Waals surface area contributed by atoms with Gasteiger partial charge in [-0.3, -0.25) is 9.78 Å². The van der Waals surface area contributed by atoms with E-state index in [4.69, 9.17) is 0 Å². The van der Waals surface area contributed by atoms with Crippen molar-refractivity contribution in [1.82, 2.24) is 10.3 Å². The summed E-state index contributed by atoms with van der Waals surface area (Å²) in [5.41, 5.74) is 1.82. The van der Waals surface area contributed by atoms with Crippen molar-refractivity contribution in [3.8, 4) is 17.0 Å². The first-order valence-electron chi connectivity index (χ1n) is 6.29. The molecule has 0 unspecified atom stereocenters. The van der Waals surface area contributed by atoms with Gasteiger partial charge in [-0.15, -0.1) is 0 Å². The van der Waals surface area contributed by atoms with E-state index in [0.717, 1.165) is 18.4 Å². The number of aromatic nitrogens is 1. The van der Waals surface area contributed by atoms with Crippen molar-refractivity contribution in [2.45, 2.75) is 18.9 Å². The van der Waals surface area contributed by atoms with E-state index in [1.54, 1.807) is 36.5 Å². The van der Waals surface area contributed by atoms with E-state index in [1.807, 2.05) is 6.07 Å². The van der Waals surface area contributed by atoms with Crippen LogP contribution in [0.2, 0.25) is 0 Å². The lowest BCUT2D eigenvalue weighted by Gasteiger charge is -2.07. The number of carbonyl (C=O) groups excluding carboxylic acids is 1. The number of hydrogen-bond donors (Lipinski definition) is 2. The molecule has 19 heavy (non-hydrogen) atoms. The molecule has 1 aromatic heterocycles. The number of benzene rings is 1. The van der Waals surface area contributed by atoms with Crippen LogP contribution in [-0.2, 0) is 0 Å². The van der Waals surface area contributed by atoms with Crippen molar-refractivity contribution in [3.63, 3.8) is 0 Å². The summed E-state index contributed by atoms with van der Waals surface area (Å²) >= 11 is 0. The van der Waals surface area contributed by atoms with Crippen LogP contribution >= 0.6 is 0 Å². The Morgan fingerprint density at radius 2 is 2.11 bits per heavy atom. The first kappa shape index (κ1) is 11.7. The zero-order valence-corrected chi connectivity index (χ0v) is 10.3. The fraction of sp³-hybridized carbons (Fsp3) is 0.200. The fourth-order valence-corrected chi connectivity index (χ4v) is 1.92. The van der Waals surface area contributed by atoms with E-state index in [-0.39, 0.29) is 11.7 Å². The lowest BCUT2D eigenvalue weighted by Crippen LogP contribution is -2.25. The Morgan fingerprint density at radius 3 is 2.84 bits per heavy atom. The van der Waals surface area contributed by atoms with Crippen LogP contribution in [0.5, 0.6) is 5.75 Å². The number of aromatic hydroxyl groups is 1. The zero-order valence-electron chi connectivity index (χ0n) is 10.3. The highest BCUT2D eigenvalue weighted by Crippen LogP contribution is 2.27. The van der Waals surface area contributed by atoms with Gasteiger partial charge in [0, 0.05) is 23.4 Å². The number of pyridine rings is 1. The van der Waals surface area contributed by atoms with E-state index < -0.39 is 0 Å². The number of nitrogens with one attached hydrogen (secondary N) is 1. The Balaban J connectivity index is 1.91. The van der Waals surface area contributed by atoms with Gasteiger partial charge < -0.3 is 10.4 Å². The van der Waals surface area contributed by atoms with Gasteiger partial charge in [-0.1, -0.05) is 12.1 Å². The van der Waals surface area contributed by atoms with Crippen LogP contribution < -0.4 is 5.32 Å². The second kappa shape index (κ2) is 4.72. The molecule has 4 nitrogen and oxygen atoms in total. The highest BCUT2D eigenvalue weighted by atomic mass is 16.3. The molecule has 4 heteroatoms. The Bertz CT molecular complexity index is 621. The first-order valence-corrected chi connectivity index (χ1v) is 6.29. The summed E-state index contributed by atoms with van der Waals surface area (Å²) in [5.74, 6) is 0.0435. The summed E-state index contributed by atoms with van der Waals surface area (Å²) in [6, 6.07) is 10.7. The average Bonchev–Trinajstić information content (AvgIpc) is 3.23. The molecular formula is C15H14N2O2. The van der Waals surface area contributed by atoms with E-state index in [2.05, 4.69) is 10.3 Å². The van der Waals surface area contributed by atoms with Crippen molar-refractivity contribution >= 4 is 5.91 Å². The average molecular weight is 254 g/mol. The van der Waals surface area contributed by atoms with Crippen molar-refractivity contribution in [2.24, 2.45) is 0 Å². The predicted molar refractivity (Wildman–Crippen MR) is 71.8 cm³/mol. The molecule has 1 aliphatic carbocycles. The molecule has 1 aromatic carbocycles. The molecule has 0 atom stereocenters. The van der Waals surface area contributed by atoms with Gasteiger partial charge in [0.15, 0.2) is 0 Å². The van der Waals surface area contributed by atoms with Gasteiger partial charge in [-0.25, -0.2) is 0 Å². The summed E-state index contributed by atoms with van der Waals surface area (Å²) in [6.07, 6.45) is 3.74. The highest BCUT2D eigenvalue weighted by Gasteiger charge is 2.23. The lowest BCUT2D eigenvalue weighted by molar-refractivity contribution is 0.0951. The van der Waals surface area contributed by atoms with Gasteiger partial charge in [0.05, 0.1) is 0 Å². The van der Waals surface area contributed by atoms with Crippen LogP contribution in [0.25, 0.3) is 11.3 Å². The maximum Gasteiger partial charge on any atom is 0.251 e. The third-order valence-electron chi connectivity index (χ3n) is 3.10. The van der Waals surface area contributed by atoms with Crippen molar-refractivity contribution in [3.05, 3.63) is 48.2 Å². The van der Waals surface area contributed by atoms with Crippen molar-refractivity contribution < 1.29 is 9.90 Å². The SMILES string of the molecule is O=C(NC1CC1)c1cccc(-c2ncccc2O)c1. The second-order valence-electron chi connectivity index (χ2n) is 4.70. The second-order valence-corrected chi connectivity index (χ2v) is 4.70. The van der Waals surface area contributed by atoms with Crippen molar-refractivity contribution in [1.29, 1.82) is 0 Å². The summed E-state index contributed by atoms with van der Waals surface area (Å²) in [4.78, 5) is 16.1. The van der Waals surface area contributed by atoms with Gasteiger partial charge in [0.2, 0.25) is 0 Å². The number of nitrogens with zero attached hydrogens (tertiary/aromatic N) is 1. The van der Waals surface area contributed by atoms with Crippen LogP contribution in [0.15, 0.2) is 42.6 Å². The summed E-state index contributed by atoms with van der Waals surface area (Å²) < 4.78 is 0. The molecule has 0 radical (unpaired) electrons. The topological polar surface area (TPSA) is 62.2 Å². The number of carbonyl (C=O) groups is 1.